The van der Waals surface area contributed by atoms with Gasteiger partial charge in [-0.2, -0.15) is 0 Å². The smallest absolute Gasteiger partial charge is 0.192 e. The molecule has 21 heavy (non-hydrogen) atoms. The predicted molar refractivity (Wildman–Crippen MR) is 92.9 cm³/mol. The second kappa shape index (κ2) is 6.47. The van der Waals surface area contributed by atoms with E-state index in [0.29, 0.717) is 6.04 Å². The quantitative estimate of drug-likeness (QED) is 0.639. The lowest BCUT2D eigenvalue weighted by atomic mass is 10.2. The minimum Gasteiger partial charge on any atom is -0.410 e. The van der Waals surface area contributed by atoms with Gasteiger partial charge in [-0.05, 0) is 30.1 Å². The van der Waals surface area contributed by atoms with Crippen molar-refractivity contribution in [1.82, 2.24) is 5.32 Å². The van der Waals surface area contributed by atoms with Gasteiger partial charge >= 0.3 is 0 Å². The topological polar surface area (TPSA) is 21.3 Å². The molecule has 1 aromatic carbocycles. The molecule has 0 saturated heterocycles. The summed E-state index contributed by atoms with van der Waals surface area (Å²) in [5.74, 6) is 0. The normalized spacial score (nSPS) is 22.7. The zero-order chi connectivity index (χ0) is 15.5. The zero-order valence-electron chi connectivity index (χ0n) is 14.0. The van der Waals surface area contributed by atoms with E-state index in [9.17, 15) is 0 Å². The van der Waals surface area contributed by atoms with Gasteiger partial charge in [-0.25, -0.2) is 0 Å². The molecule has 0 saturated carbocycles. The second-order valence-corrected chi connectivity index (χ2v) is 12.3. The van der Waals surface area contributed by atoms with Gasteiger partial charge in [0.2, 0.25) is 0 Å². The van der Waals surface area contributed by atoms with Crippen molar-refractivity contribution in [1.29, 1.82) is 0 Å². The first kappa shape index (κ1) is 16.5. The van der Waals surface area contributed by atoms with Crippen LogP contribution in [0.15, 0.2) is 42.5 Å². The van der Waals surface area contributed by atoms with Gasteiger partial charge in [0.05, 0.1) is 6.10 Å². The van der Waals surface area contributed by atoms with Gasteiger partial charge in [-0.1, -0.05) is 63.3 Å². The molecule has 3 heteroatoms. The third-order valence-electron chi connectivity index (χ3n) is 4.71. The van der Waals surface area contributed by atoms with Crippen molar-refractivity contribution in [2.75, 3.05) is 0 Å². The maximum atomic E-state index is 6.46. The summed E-state index contributed by atoms with van der Waals surface area (Å²) in [6.07, 6.45) is 5.84. The molecule has 0 aliphatic heterocycles. The molecular formula is C18H29NOSi. The minimum atomic E-state index is -1.67. The first-order chi connectivity index (χ1) is 9.78. The highest BCUT2D eigenvalue weighted by atomic mass is 28.4. The fourth-order valence-corrected chi connectivity index (χ4v) is 3.59. The van der Waals surface area contributed by atoms with Gasteiger partial charge in [0, 0.05) is 12.6 Å². The maximum absolute atomic E-state index is 6.46. The lowest BCUT2D eigenvalue weighted by Crippen LogP contribution is -2.43. The van der Waals surface area contributed by atoms with E-state index in [0.717, 1.165) is 13.0 Å². The Bertz CT molecular complexity index is 476. The predicted octanol–water partition coefficient (Wildman–Crippen LogP) is 4.50. The van der Waals surface area contributed by atoms with Crippen molar-refractivity contribution in [3.05, 3.63) is 48.0 Å². The molecule has 0 unspecified atom stereocenters. The highest BCUT2D eigenvalue weighted by molar-refractivity contribution is 6.74. The third-order valence-corrected chi connectivity index (χ3v) is 9.21. The van der Waals surface area contributed by atoms with E-state index in [1.54, 1.807) is 0 Å². The highest BCUT2D eigenvalue weighted by Gasteiger charge is 2.39. The van der Waals surface area contributed by atoms with Gasteiger partial charge in [-0.15, -0.1) is 0 Å². The molecule has 2 atom stereocenters. The molecule has 0 heterocycles. The molecule has 0 bridgehead atoms. The van der Waals surface area contributed by atoms with Crippen LogP contribution >= 0.6 is 0 Å². The summed E-state index contributed by atoms with van der Waals surface area (Å²) in [4.78, 5) is 0. The van der Waals surface area contributed by atoms with Crippen LogP contribution in [0.5, 0.6) is 0 Å². The first-order valence-electron chi connectivity index (χ1n) is 7.91. The SMILES string of the molecule is CC(C)(C)[Si](C)(C)O[C@@H]1C=C[C@H](NCc2ccccc2)C1. The Morgan fingerprint density at radius 2 is 1.81 bits per heavy atom. The summed E-state index contributed by atoms with van der Waals surface area (Å²) in [6.45, 7) is 12.5. The van der Waals surface area contributed by atoms with Crippen molar-refractivity contribution in [2.45, 2.75) is 64.0 Å². The summed E-state index contributed by atoms with van der Waals surface area (Å²) in [6, 6.07) is 11.0. The Labute approximate surface area is 130 Å². The van der Waals surface area contributed by atoms with E-state index in [2.05, 4.69) is 81.7 Å². The Balaban J connectivity index is 1.81. The monoisotopic (exact) mass is 303 g/mol. The third kappa shape index (κ3) is 4.53. The fourth-order valence-electron chi connectivity index (χ4n) is 2.30. The molecule has 0 radical (unpaired) electrons. The van der Waals surface area contributed by atoms with Crippen LogP contribution in [-0.4, -0.2) is 20.5 Å². The van der Waals surface area contributed by atoms with E-state index in [1.165, 1.54) is 5.56 Å². The van der Waals surface area contributed by atoms with Crippen LogP contribution in [0.1, 0.15) is 32.8 Å². The Morgan fingerprint density at radius 3 is 2.43 bits per heavy atom. The van der Waals surface area contributed by atoms with Crippen LogP contribution in [0.3, 0.4) is 0 Å². The fraction of sp³-hybridized carbons (Fsp3) is 0.556. The summed E-state index contributed by atoms with van der Waals surface area (Å²) >= 11 is 0. The Morgan fingerprint density at radius 1 is 1.14 bits per heavy atom. The molecule has 2 nitrogen and oxygen atoms in total. The summed E-state index contributed by atoms with van der Waals surface area (Å²) < 4.78 is 6.46. The largest absolute Gasteiger partial charge is 0.410 e. The molecule has 0 fully saturated rings. The Kier molecular flexibility index (Phi) is 5.07. The summed E-state index contributed by atoms with van der Waals surface area (Å²) in [5, 5.41) is 3.88. The highest BCUT2D eigenvalue weighted by Crippen LogP contribution is 2.38. The van der Waals surface area contributed by atoms with Crippen LogP contribution in [0, 0.1) is 0 Å². The first-order valence-corrected chi connectivity index (χ1v) is 10.8. The van der Waals surface area contributed by atoms with Crippen LogP contribution in [0.2, 0.25) is 18.1 Å². The molecule has 1 N–H and O–H groups in total. The van der Waals surface area contributed by atoms with E-state index in [-0.39, 0.29) is 11.1 Å². The molecule has 0 aromatic heterocycles. The maximum Gasteiger partial charge on any atom is 0.192 e. The van der Waals surface area contributed by atoms with Crippen molar-refractivity contribution >= 4 is 8.32 Å². The number of nitrogens with one attached hydrogen (secondary N) is 1. The van der Waals surface area contributed by atoms with E-state index in [1.807, 2.05) is 0 Å². The van der Waals surface area contributed by atoms with Gasteiger partial charge in [-0.3, -0.25) is 0 Å². The average molecular weight is 304 g/mol. The average Bonchev–Trinajstić information content (AvgIpc) is 2.83. The zero-order valence-corrected chi connectivity index (χ0v) is 15.0. The van der Waals surface area contributed by atoms with E-state index >= 15 is 0 Å². The van der Waals surface area contributed by atoms with Crippen molar-refractivity contribution in [3.63, 3.8) is 0 Å². The van der Waals surface area contributed by atoms with Gasteiger partial charge in [0.1, 0.15) is 0 Å². The molecule has 116 valence electrons. The molecule has 1 aliphatic carbocycles. The number of hydrogen-bond donors (Lipinski definition) is 1. The van der Waals surface area contributed by atoms with Crippen molar-refractivity contribution in [2.24, 2.45) is 0 Å². The van der Waals surface area contributed by atoms with Crippen LogP contribution < -0.4 is 5.32 Å². The number of hydrogen-bond acceptors (Lipinski definition) is 2. The van der Waals surface area contributed by atoms with Crippen molar-refractivity contribution < 1.29 is 4.43 Å². The number of benzene rings is 1. The molecule has 1 aromatic rings. The second-order valence-electron chi connectivity index (χ2n) is 7.51. The molecule has 0 amide bonds. The lowest BCUT2D eigenvalue weighted by molar-refractivity contribution is 0.216. The minimum absolute atomic E-state index is 0.274. The number of rotatable bonds is 5. The van der Waals surface area contributed by atoms with Gasteiger partial charge < -0.3 is 9.74 Å². The van der Waals surface area contributed by atoms with E-state index < -0.39 is 8.32 Å². The molecule has 1 aliphatic rings. The van der Waals surface area contributed by atoms with Crippen LogP contribution in [0.25, 0.3) is 0 Å². The van der Waals surface area contributed by atoms with Gasteiger partial charge in [0.15, 0.2) is 8.32 Å². The van der Waals surface area contributed by atoms with Crippen LogP contribution in [-0.2, 0) is 11.0 Å². The van der Waals surface area contributed by atoms with Crippen LogP contribution in [0.4, 0.5) is 0 Å². The summed E-state index contributed by atoms with van der Waals surface area (Å²) in [5.41, 5.74) is 1.33. The van der Waals surface area contributed by atoms with E-state index in [4.69, 9.17) is 4.43 Å². The lowest BCUT2D eigenvalue weighted by Gasteiger charge is -2.38. The van der Waals surface area contributed by atoms with Crippen molar-refractivity contribution in [3.8, 4) is 0 Å². The standard InChI is InChI=1S/C18H29NOSi/c1-18(2,3)21(4,5)20-17-12-11-16(13-17)19-14-15-9-7-6-8-10-15/h6-12,16-17,19H,13-14H2,1-5H3/t16-,17+/m0/s1. The summed E-state index contributed by atoms with van der Waals surface area (Å²) in [7, 11) is -1.67. The Hall–Kier alpha value is -0.903. The molecule has 2 rings (SSSR count). The molecule has 0 spiro atoms. The van der Waals surface area contributed by atoms with Gasteiger partial charge in [0.25, 0.3) is 0 Å². The molecular weight excluding hydrogens is 274 g/mol.